The van der Waals surface area contributed by atoms with E-state index in [1.54, 1.807) is 12.1 Å². The van der Waals surface area contributed by atoms with Crippen LogP contribution in [0.15, 0.2) is 29.2 Å². The fourth-order valence-corrected chi connectivity index (χ4v) is 6.25. The molecule has 0 amide bonds. The highest BCUT2D eigenvalue weighted by Crippen LogP contribution is 2.18. The zero-order chi connectivity index (χ0) is 22.4. The second-order valence-electron chi connectivity index (χ2n) is 9.21. The van der Waals surface area contributed by atoms with Gasteiger partial charge in [0.25, 0.3) is 0 Å². The molecule has 31 heavy (non-hydrogen) atoms. The van der Waals surface area contributed by atoms with Gasteiger partial charge >= 0.3 is 0 Å². The zero-order valence-corrected chi connectivity index (χ0v) is 21.2. The summed E-state index contributed by atoms with van der Waals surface area (Å²) in [6, 6.07) is 7.99. The lowest BCUT2D eigenvalue weighted by Gasteiger charge is -2.11. The van der Waals surface area contributed by atoms with Crippen molar-refractivity contribution in [2.45, 2.75) is 114 Å². The second kappa shape index (κ2) is 15.1. The molecule has 0 saturated carbocycles. The van der Waals surface area contributed by atoms with Gasteiger partial charge in [0.1, 0.15) is 0 Å². The van der Waals surface area contributed by atoms with Gasteiger partial charge in [-0.15, -0.1) is 0 Å². The predicted molar refractivity (Wildman–Crippen MR) is 137 cm³/mol. The van der Waals surface area contributed by atoms with Crippen LogP contribution in [-0.4, -0.2) is 31.6 Å². The Hall–Kier alpha value is -0.780. The molecule has 0 aromatic heterocycles. The molecule has 0 spiro atoms. The van der Waals surface area contributed by atoms with E-state index in [-0.39, 0.29) is 5.75 Å². The smallest absolute Gasteiger partial charge is 0.183 e. The molecule has 1 N–H and O–H groups in total. The maximum atomic E-state index is 12.7. The highest BCUT2D eigenvalue weighted by molar-refractivity contribution is 7.94. The number of benzene rings is 1. The summed E-state index contributed by atoms with van der Waals surface area (Å²) in [7, 11) is -3.33. The molecule has 1 saturated heterocycles. The first-order valence-corrected chi connectivity index (χ1v) is 14.6. The molecule has 1 aliphatic rings. The first-order chi connectivity index (χ1) is 15.0. The van der Waals surface area contributed by atoms with E-state index in [9.17, 15) is 8.42 Å². The highest BCUT2D eigenvalue weighted by Gasteiger charge is 2.19. The van der Waals surface area contributed by atoms with E-state index in [1.165, 1.54) is 82.6 Å². The molecule has 0 radical (unpaired) electrons. The molecule has 1 heterocycles. The van der Waals surface area contributed by atoms with E-state index >= 15 is 0 Å². The van der Waals surface area contributed by atoms with E-state index in [0.29, 0.717) is 22.2 Å². The van der Waals surface area contributed by atoms with Gasteiger partial charge in [0, 0.05) is 10.9 Å². The van der Waals surface area contributed by atoms with Gasteiger partial charge in [-0.05, 0) is 62.8 Å². The average Bonchev–Trinajstić information content (AvgIpc) is 3.27. The van der Waals surface area contributed by atoms with Gasteiger partial charge in [-0.1, -0.05) is 89.1 Å². The summed E-state index contributed by atoms with van der Waals surface area (Å²) in [5, 5.41) is 3.44. The maximum absolute atomic E-state index is 12.7. The van der Waals surface area contributed by atoms with Gasteiger partial charge in [-0.3, -0.25) is 0 Å². The van der Waals surface area contributed by atoms with Crippen LogP contribution in [0.2, 0.25) is 0 Å². The van der Waals surface area contributed by atoms with E-state index < -0.39 is 9.84 Å². The summed E-state index contributed by atoms with van der Waals surface area (Å²) in [6.07, 6.45) is 18.4. The fraction of sp³-hybridized carbons (Fsp3) is 0.731. The molecular weight excluding hydrogens is 422 g/mol. The summed E-state index contributed by atoms with van der Waals surface area (Å²) in [6.45, 7) is 3.33. The first kappa shape index (κ1) is 26.5. The van der Waals surface area contributed by atoms with Gasteiger partial charge in [0.2, 0.25) is 0 Å². The van der Waals surface area contributed by atoms with Crippen molar-refractivity contribution < 1.29 is 8.42 Å². The van der Waals surface area contributed by atoms with Crippen molar-refractivity contribution in [3.63, 3.8) is 0 Å². The van der Waals surface area contributed by atoms with E-state index in [4.69, 9.17) is 12.2 Å². The van der Waals surface area contributed by atoms with Crippen LogP contribution in [0, 0.1) is 0 Å². The number of hydrogen-bond donors (Lipinski definition) is 1. The molecule has 1 aliphatic heterocycles. The average molecular weight is 466 g/mol. The van der Waals surface area contributed by atoms with E-state index in [0.717, 1.165) is 19.4 Å². The number of unbranched alkanes of at least 4 members (excludes halogenated alkanes) is 9. The van der Waals surface area contributed by atoms with Crippen LogP contribution in [0.3, 0.4) is 0 Å². The minimum Gasteiger partial charge on any atom is -0.314 e. The molecule has 1 aromatic carbocycles. The monoisotopic (exact) mass is 465 g/mol. The minimum absolute atomic E-state index is 0.00710. The van der Waals surface area contributed by atoms with E-state index in [1.807, 2.05) is 12.1 Å². The van der Waals surface area contributed by atoms with Crippen LogP contribution in [0.4, 0.5) is 0 Å². The third-order valence-electron chi connectivity index (χ3n) is 6.39. The van der Waals surface area contributed by atoms with Gasteiger partial charge in [-0.2, -0.15) is 0 Å². The Morgan fingerprint density at radius 2 is 1.58 bits per heavy atom. The summed E-state index contributed by atoms with van der Waals surface area (Å²) < 4.78 is 25.4. The van der Waals surface area contributed by atoms with Crippen molar-refractivity contribution >= 4 is 26.9 Å². The lowest BCUT2D eigenvalue weighted by Crippen LogP contribution is -2.23. The quantitative estimate of drug-likeness (QED) is 0.202. The number of sulfone groups is 1. The topological polar surface area (TPSA) is 46.2 Å². The molecule has 1 aromatic rings. The van der Waals surface area contributed by atoms with E-state index in [2.05, 4.69) is 12.2 Å². The number of aryl methyl sites for hydroxylation is 1. The van der Waals surface area contributed by atoms with Crippen molar-refractivity contribution in [3.8, 4) is 0 Å². The van der Waals surface area contributed by atoms with Crippen molar-refractivity contribution in [2.24, 2.45) is 0 Å². The van der Waals surface area contributed by atoms with Gasteiger partial charge < -0.3 is 5.32 Å². The molecular formula is C26H43NO2S2. The Morgan fingerprint density at radius 3 is 2.16 bits per heavy atom. The van der Waals surface area contributed by atoms with Crippen LogP contribution in [0.1, 0.15) is 102 Å². The first-order valence-electron chi connectivity index (χ1n) is 12.6. The Bertz CT molecular complexity index is 722. The SMILES string of the molecule is CCCCCCCCCCCCc1ccc(S(=O)(=O)CC(=S)CC[C@@H]2CCCN2)cc1. The second-order valence-corrected chi connectivity index (χ2v) is 11.8. The van der Waals surface area contributed by atoms with Crippen LogP contribution >= 0.6 is 12.2 Å². The Morgan fingerprint density at radius 1 is 0.968 bits per heavy atom. The summed E-state index contributed by atoms with van der Waals surface area (Å²) in [5.74, 6) is -0.00710. The third-order valence-corrected chi connectivity index (χ3v) is 8.64. The molecule has 0 aliphatic carbocycles. The Labute approximate surface area is 196 Å². The number of thiocarbonyl (C=S) groups is 1. The van der Waals surface area contributed by atoms with Crippen molar-refractivity contribution in [1.82, 2.24) is 5.32 Å². The lowest BCUT2D eigenvalue weighted by molar-refractivity contribution is 0.556. The zero-order valence-electron chi connectivity index (χ0n) is 19.5. The summed E-state index contributed by atoms with van der Waals surface area (Å²) >= 11 is 5.38. The van der Waals surface area contributed by atoms with Crippen LogP contribution in [0.5, 0.6) is 0 Å². The van der Waals surface area contributed by atoms with Crippen molar-refractivity contribution in [3.05, 3.63) is 29.8 Å². The predicted octanol–water partition coefficient (Wildman–Crippen LogP) is 6.83. The van der Waals surface area contributed by atoms with Gasteiger partial charge in [0.15, 0.2) is 9.84 Å². The van der Waals surface area contributed by atoms with Crippen molar-refractivity contribution in [2.75, 3.05) is 12.3 Å². The molecule has 1 atom stereocenters. The minimum atomic E-state index is -3.33. The standard InChI is InChI=1S/C26H43NO2S2/c1-2-3-4-5-6-7-8-9-10-11-13-23-15-19-26(20-16-23)31(28,29)22-25(30)18-17-24-14-12-21-27-24/h15-16,19-20,24,27H,2-14,17-18,21-22H2,1H3/t24-/m0/s1. The molecule has 1 fully saturated rings. The van der Waals surface area contributed by atoms with Gasteiger partial charge in [0.05, 0.1) is 10.6 Å². The fourth-order valence-electron chi connectivity index (χ4n) is 4.39. The van der Waals surface area contributed by atoms with Gasteiger partial charge in [-0.25, -0.2) is 8.42 Å². The number of hydrogen-bond acceptors (Lipinski definition) is 4. The molecule has 176 valence electrons. The molecule has 5 heteroatoms. The molecule has 0 bridgehead atoms. The third kappa shape index (κ3) is 11.1. The van der Waals surface area contributed by atoms with Crippen LogP contribution in [-0.2, 0) is 16.3 Å². The van der Waals surface area contributed by atoms with Crippen LogP contribution in [0.25, 0.3) is 0 Å². The number of rotatable bonds is 17. The Kier molecular flexibility index (Phi) is 12.9. The lowest BCUT2D eigenvalue weighted by atomic mass is 10.0. The molecule has 0 unspecified atom stereocenters. The highest BCUT2D eigenvalue weighted by atomic mass is 32.2. The molecule has 3 nitrogen and oxygen atoms in total. The maximum Gasteiger partial charge on any atom is 0.183 e. The van der Waals surface area contributed by atoms with Crippen molar-refractivity contribution in [1.29, 1.82) is 0 Å². The Balaban J connectivity index is 1.61. The largest absolute Gasteiger partial charge is 0.314 e. The normalized spacial score (nSPS) is 16.6. The molecule has 2 rings (SSSR count). The summed E-state index contributed by atoms with van der Waals surface area (Å²) in [4.78, 5) is 1.06. The summed E-state index contributed by atoms with van der Waals surface area (Å²) in [5.41, 5.74) is 1.23. The van der Waals surface area contributed by atoms with Crippen LogP contribution < -0.4 is 5.32 Å². The number of nitrogens with one attached hydrogen (secondary N) is 1.